The van der Waals surface area contributed by atoms with Gasteiger partial charge in [-0.3, -0.25) is 0 Å². The summed E-state index contributed by atoms with van der Waals surface area (Å²) in [6, 6.07) is 9.57. The first-order valence-corrected chi connectivity index (χ1v) is 4.57. The molecule has 0 radical (unpaired) electrons. The second kappa shape index (κ2) is 2.71. The van der Waals surface area contributed by atoms with Gasteiger partial charge in [0.1, 0.15) is 0 Å². The molecule has 14 heavy (non-hydrogen) atoms. The highest BCUT2D eigenvalue weighted by Crippen LogP contribution is 2.57. The molecule has 0 aromatic heterocycles. The van der Waals surface area contributed by atoms with E-state index in [2.05, 4.69) is 0 Å². The number of hydrogen-bond acceptors (Lipinski definition) is 2. The van der Waals surface area contributed by atoms with E-state index in [4.69, 9.17) is 0 Å². The third-order valence-electron chi connectivity index (χ3n) is 2.70. The molecule has 2 rings (SSSR count). The van der Waals surface area contributed by atoms with Crippen LogP contribution in [0.4, 0.5) is 0 Å². The smallest absolute Gasteiger partial charge is 0.0687 e. The van der Waals surface area contributed by atoms with Gasteiger partial charge in [0.05, 0.1) is 5.97 Å². The first kappa shape index (κ1) is 9.00. The lowest BCUT2D eigenvalue weighted by atomic mass is 10.00. The number of rotatable bonds is 2. The Kier molecular flexibility index (Phi) is 1.74. The molecule has 0 unspecified atom stereocenters. The summed E-state index contributed by atoms with van der Waals surface area (Å²) in [6.07, 6.45) is 0. The van der Waals surface area contributed by atoms with E-state index in [0.717, 1.165) is 11.1 Å². The summed E-state index contributed by atoms with van der Waals surface area (Å²) < 4.78 is 0. The molecule has 0 atom stereocenters. The molecule has 0 saturated carbocycles. The molecule has 0 spiro atoms. The van der Waals surface area contributed by atoms with Crippen molar-refractivity contribution >= 4 is 11.5 Å². The van der Waals surface area contributed by atoms with Crippen LogP contribution in [0.2, 0.25) is 0 Å². The zero-order valence-electron chi connectivity index (χ0n) is 8.20. The lowest BCUT2D eigenvalue weighted by molar-refractivity contribution is -0.299. The molecule has 2 nitrogen and oxygen atoms in total. The molecular weight excluding hydrogens is 176 g/mol. The van der Waals surface area contributed by atoms with Crippen molar-refractivity contribution in [3.8, 4) is 0 Å². The van der Waals surface area contributed by atoms with Crippen LogP contribution in [-0.2, 0) is 4.79 Å². The van der Waals surface area contributed by atoms with Crippen molar-refractivity contribution in [3.63, 3.8) is 0 Å². The van der Waals surface area contributed by atoms with Crippen molar-refractivity contribution in [1.29, 1.82) is 0 Å². The molecule has 0 amide bonds. The average molecular weight is 187 g/mol. The minimum atomic E-state index is -1.05. The number of carbonyl (C=O) groups excluding carboxylic acids is 1. The highest BCUT2D eigenvalue weighted by molar-refractivity contribution is 6.10. The fourth-order valence-electron chi connectivity index (χ4n) is 1.94. The third-order valence-corrected chi connectivity index (χ3v) is 2.70. The van der Waals surface area contributed by atoms with Gasteiger partial charge in [-0.2, -0.15) is 0 Å². The molecule has 1 aromatic rings. The van der Waals surface area contributed by atoms with E-state index in [-0.39, 0.29) is 5.41 Å². The number of carboxylic acid groups (broad SMARTS) is 1. The van der Waals surface area contributed by atoms with Gasteiger partial charge in [0.15, 0.2) is 0 Å². The predicted octanol–water partition coefficient (Wildman–Crippen LogP) is 1.23. The SMILES string of the molecule is CC1(C)C(C(=O)[O-])=C1c1ccccc1. The Morgan fingerprint density at radius 3 is 2.21 bits per heavy atom. The number of carbonyl (C=O) groups is 1. The summed E-state index contributed by atoms with van der Waals surface area (Å²) >= 11 is 0. The maximum atomic E-state index is 10.8. The minimum absolute atomic E-state index is 0.319. The largest absolute Gasteiger partial charge is 0.545 e. The Hall–Kier alpha value is -1.57. The van der Waals surface area contributed by atoms with E-state index in [1.807, 2.05) is 44.2 Å². The van der Waals surface area contributed by atoms with Crippen molar-refractivity contribution in [3.05, 3.63) is 41.5 Å². The van der Waals surface area contributed by atoms with Crippen molar-refractivity contribution in [2.75, 3.05) is 0 Å². The van der Waals surface area contributed by atoms with E-state index >= 15 is 0 Å². The summed E-state index contributed by atoms with van der Waals surface area (Å²) in [5.74, 6) is -1.05. The molecule has 0 aliphatic heterocycles. The van der Waals surface area contributed by atoms with Crippen molar-refractivity contribution in [2.24, 2.45) is 5.41 Å². The van der Waals surface area contributed by atoms with Gasteiger partial charge in [0, 0.05) is 5.41 Å². The van der Waals surface area contributed by atoms with Crippen molar-refractivity contribution < 1.29 is 9.90 Å². The monoisotopic (exact) mass is 187 g/mol. The van der Waals surface area contributed by atoms with E-state index < -0.39 is 5.97 Å². The number of aliphatic carboxylic acids is 1. The van der Waals surface area contributed by atoms with Crippen LogP contribution in [0.5, 0.6) is 0 Å². The molecule has 1 aliphatic rings. The minimum Gasteiger partial charge on any atom is -0.545 e. The second-order valence-electron chi connectivity index (χ2n) is 4.03. The first-order valence-electron chi connectivity index (χ1n) is 4.57. The maximum Gasteiger partial charge on any atom is 0.0687 e. The molecule has 0 N–H and O–H groups in total. The zero-order valence-corrected chi connectivity index (χ0v) is 8.20. The summed E-state index contributed by atoms with van der Waals surface area (Å²) in [5.41, 5.74) is 2.00. The number of hydrogen-bond donors (Lipinski definition) is 0. The highest BCUT2D eigenvalue weighted by Gasteiger charge is 2.45. The first-order chi connectivity index (χ1) is 6.55. The van der Waals surface area contributed by atoms with Crippen LogP contribution in [0.15, 0.2) is 35.9 Å². The summed E-state index contributed by atoms with van der Waals surface area (Å²) in [5, 5.41) is 10.8. The zero-order chi connectivity index (χ0) is 10.3. The fourth-order valence-corrected chi connectivity index (χ4v) is 1.94. The molecular formula is C12H11O2-. The van der Waals surface area contributed by atoms with Gasteiger partial charge < -0.3 is 9.90 Å². The quantitative estimate of drug-likeness (QED) is 0.698. The van der Waals surface area contributed by atoms with Gasteiger partial charge in [0.25, 0.3) is 0 Å². The number of carboxylic acids is 1. The van der Waals surface area contributed by atoms with Crippen LogP contribution in [0.3, 0.4) is 0 Å². The Labute approximate surface area is 82.9 Å². The Bertz CT molecular complexity index is 413. The van der Waals surface area contributed by atoms with E-state index in [1.54, 1.807) is 0 Å². The molecule has 0 saturated heterocycles. The van der Waals surface area contributed by atoms with E-state index in [9.17, 15) is 9.90 Å². The Morgan fingerprint density at radius 2 is 1.79 bits per heavy atom. The summed E-state index contributed by atoms with van der Waals surface area (Å²) in [7, 11) is 0. The second-order valence-corrected chi connectivity index (χ2v) is 4.03. The van der Waals surface area contributed by atoms with Crippen LogP contribution in [0.25, 0.3) is 5.57 Å². The van der Waals surface area contributed by atoms with E-state index in [1.165, 1.54) is 0 Å². The Morgan fingerprint density at radius 1 is 1.21 bits per heavy atom. The summed E-state index contributed by atoms with van der Waals surface area (Å²) in [4.78, 5) is 10.8. The van der Waals surface area contributed by atoms with Crippen LogP contribution in [-0.4, -0.2) is 5.97 Å². The topological polar surface area (TPSA) is 40.1 Å². The van der Waals surface area contributed by atoms with Gasteiger partial charge in [-0.05, 0) is 16.7 Å². The third kappa shape index (κ3) is 1.15. The van der Waals surface area contributed by atoms with E-state index in [0.29, 0.717) is 5.57 Å². The van der Waals surface area contributed by atoms with Crippen LogP contribution < -0.4 is 5.11 Å². The lowest BCUT2D eigenvalue weighted by Gasteiger charge is -2.05. The molecule has 2 heteroatoms. The van der Waals surface area contributed by atoms with Gasteiger partial charge in [-0.25, -0.2) is 0 Å². The predicted molar refractivity (Wildman–Crippen MR) is 52.2 cm³/mol. The van der Waals surface area contributed by atoms with Gasteiger partial charge in [0.2, 0.25) is 0 Å². The highest BCUT2D eigenvalue weighted by atomic mass is 16.4. The van der Waals surface area contributed by atoms with Crippen molar-refractivity contribution in [1.82, 2.24) is 0 Å². The standard InChI is InChI=1S/C12H12O2/c1-12(2)9(10(12)11(13)14)8-6-4-3-5-7-8/h3-7H,1-2H3,(H,13,14)/p-1. The fraction of sp³-hybridized carbons (Fsp3) is 0.250. The molecule has 0 bridgehead atoms. The number of benzene rings is 1. The van der Waals surface area contributed by atoms with Crippen LogP contribution >= 0.6 is 0 Å². The van der Waals surface area contributed by atoms with Crippen LogP contribution in [0.1, 0.15) is 19.4 Å². The summed E-state index contributed by atoms with van der Waals surface area (Å²) in [6.45, 7) is 3.81. The lowest BCUT2D eigenvalue weighted by Crippen LogP contribution is -2.23. The average Bonchev–Trinajstić information content (AvgIpc) is 2.71. The maximum absolute atomic E-state index is 10.8. The molecule has 1 aromatic carbocycles. The van der Waals surface area contributed by atoms with Gasteiger partial charge in [-0.1, -0.05) is 44.2 Å². The molecule has 72 valence electrons. The molecule has 1 aliphatic carbocycles. The number of allylic oxidation sites excluding steroid dienone is 1. The molecule has 0 fully saturated rings. The molecule has 0 heterocycles. The Balaban J connectivity index is 2.43. The van der Waals surface area contributed by atoms with Gasteiger partial charge >= 0.3 is 0 Å². The van der Waals surface area contributed by atoms with Gasteiger partial charge in [-0.15, -0.1) is 0 Å². The normalized spacial score (nSPS) is 18.1. The van der Waals surface area contributed by atoms with Crippen LogP contribution in [0, 0.1) is 5.41 Å². The van der Waals surface area contributed by atoms with Crippen molar-refractivity contribution in [2.45, 2.75) is 13.8 Å².